The molecule has 1 aliphatic heterocycles. The lowest BCUT2D eigenvalue weighted by molar-refractivity contribution is 0.0686. The fraction of sp³-hybridized carbons (Fsp3) is 0.667. The summed E-state index contributed by atoms with van der Waals surface area (Å²) in [5.41, 5.74) is 6.76. The van der Waals surface area contributed by atoms with E-state index in [1.165, 1.54) is 6.20 Å². The maximum absolute atomic E-state index is 12.5. The van der Waals surface area contributed by atoms with E-state index in [0.29, 0.717) is 11.4 Å². The van der Waals surface area contributed by atoms with Gasteiger partial charge in [0.1, 0.15) is 5.69 Å². The van der Waals surface area contributed by atoms with Crippen LogP contribution in [0, 0.1) is 0 Å². The largest absolute Gasteiger partial charge is 0.396 e. The van der Waals surface area contributed by atoms with Crippen LogP contribution in [0.2, 0.25) is 0 Å². The summed E-state index contributed by atoms with van der Waals surface area (Å²) in [4.78, 5) is 16.7. The van der Waals surface area contributed by atoms with Gasteiger partial charge >= 0.3 is 0 Å². The van der Waals surface area contributed by atoms with Crippen LogP contribution in [-0.2, 0) is 7.05 Å². The van der Waals surface area contributed by atoms with Crippen molar-refractivity contribution in [3.05, 3.63) is 11.9 Å². The topological polar surface area (TPSA) is 67.4 Å². The van der Waals surface area contributed by atoms with Gasteiger partial charge in [0, 0.05) is 26.2 Å². The molecule has 0 bridgehead atoms. The second kappa shape index (κ2) is 4.97. The first-order chi connectivity index (χ1) is 8.50. The smallest absolute Gasteiger partial charge is 0.274 e. The van der Waals surface area contributed by atoms with E-state index in [9.17, 15) is 4.79 Å². The van der Waals surface area contributed by atoms with Gasteiger partial charge in [-0.3, -0.25) is 9.48 Å². The molecule has 1 aromatic rings. The molecule has 100 valence electrons. The van der Waals surface area contributed by atoms with Crippen LogP contribution in [0.5, 0.6) is 0 Å². The van der Waals surface area contributed by atoms with Crippen molar-refractivity contribution >= 4 is 11.6 Å². The van der Waals surface area contributed by atoms with Crippen LogP contribution in [0.3, 0.4) is 0 Å². The minimum Gasteiger partial charge on any atom is -0.396 e. The number of aromatic nitrogens is 2. The van der Waals surface area contributed by atoms with Gasteiger partial charge in [0.25, 0.3) is 5.91 Å². The number of nitrogens with two attached hydrogens (primary N) is 1. The Morgan fingerprint density at radius 3 is 2.78 bits per heavy atom. The van der Waals surface area contributed by atoms with E-state index >= 15 is 0 Å². The predicted molar refractivity (Wildman–Crippen MR) is 70.2 cm³/mol. The van der Waals surface area contributed by atoms with Crippen molar-refractivity contribution in [1.29, 1.82) is 0 Å². The molecule has 6 heteroatoms. The lowest BCUT2D eigenvalue weighted by atomic mass is 10.2. The zero-order chi connectivity index (χ0) is 13.3. The van der Waals surface area contributed by atoms with Gasteiger partial charge < -0.3 is 15.5 Å². The molecule has 0 aromatic carbocycles. The number of rotatable bonds is 1. The Hall–Kier alpha value is -1.56. The van der Waals surface area contributed by atoms with Gasteiger partial charge in [-0.25, -0.2) is 0 Å². The maximum Gasteiger partial charge on any atom is 0.274 e. The number of carbonyl (C=O) groups excluding carboxylic acids is 1. The Labute approximate surface area is 107 Å². The van der Waals surface area contributed by atoms with Gasteiger partial charge in [-0.2, -0.15) is 5.10 Å². The Balaban J connectivity index is 2.22. The molecule has 0 radical (unpaired) electrons. The summed E-state index contributed by atoms with van der Waals surface area (Å²) < 4.78 is 1.55. The lowest BCUT2D eigenvalue weighted by Gasteiger charge is -2.28. The molecule has 18 heavy (non-hydrogen) atoms. The van der Waals surface area contributed by atoms with Gasteiger partial charge in [-0.1, -0.05) is 0 Å². The molecule has 0 aliphatic carbocycles. The van der Waals surface area contributed by atoms with Crippen molar-refractivity contribution < 1.29 is 4.79 Å². The minimum atomic E-state index is -0.0182. The van der Waals surface area contributed by atoms with Crippen LogP contribution in [0.4, 0.5) is 5.69 Å². The summed E-state index contributed by atoms with van der Waals surface area (Å²) in [7, 11) is 3.83. The van der Waals surface area contributed by atoms with Crippen molar-refractivity contribution in [1.82, 2.24) is 19.6 Å². The second-order valence-electron chi connectivity index (χ2n) is 5.04. The summed E-state index contributed by atoms with van der Waals surface area (Å²) in [6.07, 6.45) is 2.52. The summed E-state index contributed by atoms with van der Waals surface area (Å²) >= 11 is 0. The number of carbonyl (C=O) groups is 1. The molecule has 6 nitrogen and oxygen atoms in total. The van der Waals surface area contributed by atoms with Crippen LogP contribution in [-0.4, -0.2) is 58.2 Å². The first-order valence-corrected chi connectivity index (χ1v) is 6.27. The normalized spacial score (nSPS) is 21.9. The highest BCUT2D eigenvalue weighted by Gasteiger charge is 2.27. The van der Waals surface area contributed by atoms with E-state index in [2.05, 4.69) is 24.0 Å². The SMILES string of the molecule is CC1CN(C)CCCN1C(=O)c1c(N)cnn1C. The van der Waals surface area contributed by atoms with E-state index in [-0.39, 0.29) is 11.9 Å². The van der Waals surface area contributed by atoms with E-state index in [1.54, 1.807) is 11.7 Å². The average molecular weight is 251 g/mol. The van der Waals surface area contributed by atoms with Crippen LogP contribution in [0.1, 0.15) is 23.8 Å². The standard InChI is InChI=1S/C12H21N5O/c1-9-8-15(2)5-4-6-17(9)12(18)11-10(13)7-14-16(11)3/h7,9H,4-6,8,13H2,1-3H3. The number of likely N-dealkylation sites (N-methyl/N-ethyl adjacent to an activating group) is 1. The average Bonchev–Trinajstić information content (AvgIpc) is 2.53. The molecule has 2 heterocycles. The summed E-state index contributed by atoms with van der Waals surface area (Å²) in [5.74, 6) is -0.0182. The molecule has 1 fully saturated rings. The number of anilines is 1. The Morgan fingerprint density at radius 1 is 1.44 bits per heavy atom. The zero-order valence-corrected chi connectivity index (χ0v) is 11.3. The zero-order valence-electron chi connectivity index (χ0n) is 11.3. The maximum atomic E-state index is 12.5. The molecule has 1 aromatic heterocycles. The molecule has 1 aliphatic rings. The first kappa shape index (κ1) is 12.9. The van der Waals surface area contributed by atoms with E-state index in [4.69, 9.17) is 5.73 Å². The summed E-state index contributed by atoms with van der Waals surface area (Å²) in [6, 6.07) is 0.194. The third-order valence-electron chi connectivity index (χ3n) is 3.48. The van der Waals surface area contributed by atoms with Crippen LogP contribution in [0.15, 0.2) is 6.20 Å². The van der Waals surface area contributed by atoms with E-state index in [1.807, 2.05) is 4.90 Å². The number of hydrogen-bond acceptors (Lipinski definition) is 4. The summed E-state index contributed by atoms with van der Waals surface area (Å²) in [5, 5.41) is 4.03. The van der Waals surface area contributed by atoms with Crippen LogP contribution >= 0.6 is 0 Å². The minimum absolute atomic E-state index is 0.0182. The molecule has 1 amide bonds. The van der Waals surface area contributed by atoms with Crippen molar-refractivity contribution in [3.8, 4) is 0 Å². The highest BCUT2D eigenvalue weighted by Crippen LogP contribution is 2.17. The lowest BCUT2D eigenvalue weighted by Crippen LogP contribution is -2.42. The molecule has 1 atom stereocenters. The van der Waals surface area contributed by atoms with Crippen molar-refractivity contribution in [2.45, 2.75) is 19.4 Å². The van der Waals surface area contributed by atoms with Crippen molar-refractivity contribution in [2.24, 2.45) is 7.05 Å². The van der Waals surface area contributed by atoms with Gasteiger partial charge in [-0.05, 0) is 26.9 Å². The van der Waals surface area contributed by atoms with Crippen molar-refractivity contribution in [2.75, 3.05) is 32.4 Å². The molecular weight excluding hydrogens is 230 g/mol. The van der Waals surface area contributed by atoms with Gasteiger partial charge in [-0.15, -0.1) is 0 Å². The Bertz CT molecular complexity index is 422. The first-order valence-electron chi connectivity index (χ1n) is 6.27. The van der Waals surface area contributed by atoms with Crippen molar-refractivity contribution in [3.63, 3.8) is 0 Å². The number of hydrogen-bond donors (Lipinski definition) is 1. The molecule has 0 spiro atoms. The Morgan fingerprint density at radius 2 is 2.17 bits per heavy atom. The van der Waals surface area contributed by atoms with Crippen LogP contribution in [0.25, 0.3) is 0 Å². The highest BCUT2D eigenvalue weighted by molar-refractivity contribution is 5.97. The molecule has 2 N–H and O–H groups in total. The fourth-order valence-electron chi connectivity index (χ4n) is 2.53. The van der Waals surface area contributed by atoms with Gasteiger partial charge in [0.2, 0.25) is 0 Å². The third kappa shape index (κ3) is 2.33. The summed E-state index contributed by atoms with van der Waals surface area (Å²) in [6.45, 7) is 4.76. The van der Waals surface area contributed by atoms with E-state index < -0.39 is 0 Å². The second-order valence-corrected chi connectivity index (χ2v) is 5.04. The number of amides is 1. The number of nitrogen functional groups attached to an aromatic ring is 1. The molecule has 1 unspecified atom stereocenters. The highest BCUT2D eigenvalue weighted by atomic mass is 16.2. The third-order valence-corrected chi connectivity index (χ3v) is 3.48. The number of nitrogens with zero attached hydrogens (tertiary/aromatic N) is 4. The molecular formula is C12H21N5O. The molecule has 2 rings (SSSR count). The monoisotopic (exact) mass is 251 g/mol. The van der Waals surface area contributed by atoms with Gasteiger partial charge in [0.15, 0.2) is 0 Å². The predicted octanol–water partition coefficient (Wildman–Crippen LogP) is 0.169. The fourth-order valence-corrected chi connectivity index (χ4v) is 2.53. The van der Waals surface area contributed by atoms with Crippen LogP contribution < -0.4 is 5.73 Å². The molecule has 0 saturated carbocycles. The Kier molecular flexibility index (Phi) is 3.56. The molecule has 1 saturated heterocycles. The van der Waals surface area contributed by atoms with Gasteiger partial charge in [0.05, 0.1) is 11.9 Å². The quantitative estimate of drug-likeness (QED) is 0.772. The van der Waals surface area contributed by atoms with E-state index in [0.717, 1.165) is 26.1 Å². The number of aryl methyl sites for hydroxylation is 1.